The standard InChI is InChI=1S/C17H22O7S/c1-5-23-15(18)17(16(19)24-6-2)13(14(17)25(4,20)21)11-7-9-12(22-3)10-8-11/h7-10,13-14H,5-6H2,1-4H3/t13-,14-/m0/s1. The Morgan fingerprint density at radius 2 is 1.52 bits per heavy atom. The predicted molar refractivity (Wildman–Crippen MR) is 90.1 cm³/mol. The maximum absolute atomic E-state index is 12.6. The van der Waals surface area contributed by atoms with Gasteiger partial charge in [0.25, 0.3) is 0 Å². The van der Waals surface area contributed by atoms with Crippen LogP contribution < -0.4 is 4.74 Å². The first kappa shape index (κ1) is 19.2. The van der Waals surface area contributed by atoms with Crippen LogP contribution in [-0.4, -0.2) is 52.2 Å². The van der Waals surface area contributed by atoms with Crippen molar-refractivity contribution in [3.8, 4) is 5.75 Å². The van der Waals surface area contributed by atoms with Crippen molar-refractivity contribution in [2.24, 2.45) is 5.41 Å². The first-order valence-electron chi connectivity index (χ1n) is 7.92. The molecule has 0 bridgehead atoms. The second-order valence-electron chi connectivity index (χ2n) is 5.81. The lowest BCUT2D eigenvalue weighted by molar-refractivity contribution is -0.164. The average molecular weight is 370 g/mol. The third-order valence-electron chi connectivity index (χ3n) is 4.30. The van der Waals surface area contributed by atoms with Gasteiger partial charge in [-0.3, -0.25) is 9.59 Å². The Morgan fingerprint density at radius 3 is 1.88 bits per heavy atom. The van der Waals surface area contributed by atoms with Crippen LogP contribution in [-0.2, 0) is 28.9 Å². The van der Waals surface area contributed by atoms with Gasteiger partial charge in [-0.2, -0.15) is 0 Å². The Hall–Kier alpha value is -2.09. The van der Waals surface area contributed by atoms with Crippen LogP contribution in [0.2, 0.25) is 0 Å². The van der Waals surface area contributed by atoms with Crippen LogP contribution in [0.15, 0.2) is 24.3 Å². The second-order valence-corrected chi connectivity index (χ2v) is 7.98. The number of carbonyl (C=O) groups is 2. The number of benzene rings is 1. The van der Waals surface area contributed by atoms with E-state index in [0.29, 0.717) is 11.3 Å². The number of hydrogen-bond donors (Lipinski definition) is 0. The molecular weight excluding hydrogens is 348 g/mol. The van der Waals surface area contributed by atoms with Crippen molar-refractivity contribution in [2.45, 2.75) is 25.0 Å². The first-order valence-corrected chi connectivity index (χ1v) is 9.87. The summed E-state index contributed by atoms with van der Waals surface area (Å²) >= 11 is 0. The molecule has 25 heavy (non-hydrogen) atoms. The SMILES string of the molecule is CCOC(=O)C1(C(=O)OCC)[C@@H](c2ccc(OC)cc2)[C@@H]1S(C)(=O)=O. The molecule has 2 rings (SSSR count). The van der Waals surface area contributed by atoms with E-state index in [1.54, 1.807) is 38.1 Å². The highest BCUT2D eigenvalue weighted by atomic mass is 32.2. The molecule has 0 heterocycles. The van der Waals surface area contributed by atoms with E-state index < -0.39 is 38.4 Å². The fourth-order valence-electron chi connectivity index (χ4n) is 3.26. The molecule has 1 aromatic rings. The van der Waals surface area contributed by atoms with Gasteiger partial charge in [-0.05, 0) is 31.5 Å². The van der Waals surface area contributed by atoms with Crippen LogP contribution in [0.4, 0.5) is 0 Å². The molecule has 0 N–H and O–H groups in total. The van der Waals surface area contributed by atoms with Gasteiger partial charge in [0.2, 0.25) is 0 Å². The lowest BCUT2D eigenvalue weighted by atomic mass is 9.99. The molecule has 0 amide bonds. The highest BCUT2D eigenvalue weighted by Gasteiger charge is 2.81. The lowest BCUT2D eigenvalue weighted by Crippen LogP contribution is -2.35. The van der Waals surface area contributed by atoms with Crippen LogP contribution in [0.3, 0.4) is 0 Å². The third-order valence-corrected chi connectivity index (χ3v) is 5.86. The van der Waals surface area contributed by atoms with Crippen LogP contribution in [0.25, 0.3) is 0 Å². The summed E-state index contributed by atoms with van der Waals surface area (Å²) in [5, 5.41) is -1.22. The number of carbonyl (C=O) groups excluding carboxylic acids is 2. The summed E-state index contributed by atoms with van der Waals surface area (Å²) in [6, 6.07) is 6.58. The summed E-state index contributed by atoms with van der Waals surface area (Å²) < 4.78 is 39.7. The van der Waals surface area contributed by atoms with Crippen molar-refractivity contribution in [1.29, 1.82) is 0 Å². The third kappa shape index (κ3) is 3.22. The van der Waals surface area contributed by atoms with E-state index in [1.807, 2.05) is 0 Å². The molecule has 1 fully saturated rings. The average Bonchev–Trinajstić information content (AvgIpc) is 3.27. The minimum absolute atomic E-state index is 0.0335. The molecule has 0 saturated heterocycles. The monoisotopic (exact) mass is 370 g/mol. The number of esters is 2. The Kier molecular flexibility index (Phi) is 5.41. The molecule has 0 spiro atoms. The molecule has 138 valence electrons. The molecular formula is C17H22O7S. The van der Waals surface area contributed by atoms with Crippen molar-refractivity contribution in [3.63, 3.8) is 0 Å². The lowest BCUT2D eigenvalue weighted by Gasteiger charge is -2.15. The van der Waals surface area contributed by atoms with Crippen LogP contribution in [0.5, 0.6) is 5.75 Å². The molecule has 0 radical (unpaired) electrons. The fraction of sp³-hybridized carbons (Fsp3) is 0.529. The summed E-state index contributed by atoms with van der Waals surface area (Å²) in [7, 11) is -2.20. The molecule has 1 aromatic carbocycles. The zero-order chi connectivity index (χ0) is 18.8. The van der Waals surface area contributed by atoms with Crippen molar-refractivity contribution in [3.05, 3.63) is 29.8 Å². The molecule has 0 aliphatic heterocycles. The highest BCUT2D eigenvalue weighted by Crippen LogP contribution is 2.64. The maximum Gasteiger partial charge on any atom is 0.325 e. The molecule has 1 aliphatic rings. The summed E-state index contributed by atoms with van der Waals surface area (Å²) in [5.41, 5.74) is -1.33. The van der Waals surface area contributed by atoms with Gasteiger partial charge >= 0.3 is 11.9 Å². The molecule has 1 saturated carbocycles. The molecule has 7 nitrogen and oxygen atoms in total. The van der Waals surface area contributed by atoms with Gasteiger partial charge in [0.05, 0.1) is 25.6 Å². The smallest absolute Gasteiger partial charge is 0.325 e. The van der Waals surface area contributed by atoms with E-state index in [2.05, 4.69) is 0 Å². The molecule has 1 aliphatic carbocycles. The number of rotatable bonds is 7. The molecule has 8 heteroatoms. The number of methoxy groups -OCH3 is 1. The zero-order valence-corrected chi connectivity index (χ0v) is 15.5. The quantitative estimate of drug-likeness (QED) is 0.527. The summed E-state index contributed by atoms with van der Waals surface area (Å²) in [5.74, 6) is -2.01. The Bertz CT molecular complexity index is 734. The van der Waals surface area contributed by atoms with E-state index in [9.17, 15) is 18.0 Å². The summed E-state index contributed by atoms with van der Waals surface area (Å²) in [6.07, 6.45) is 1.01. The minimum atomic E-state index is -3.71. The van der Waals surface area contributed by atoms with E-state index in [1.165, 1.54) is 7.11 Å². The maximum atomic E-state index is 12.6. The van der Waals surface area contributed by atoms with Crippen LogP contribution in [0.1, 0.15) is 25.3 Å². The van der Waals surface area contributed by atoms with Crippen molar-refractivity contribution >= 4 is 21.8 Å². The predicted octanol–water partition coefficient (Wildman–Crippen LogP) is 1.32. The minimum Gasteiger partial charge on any atom is -0.497 e. The van der Waals surface area contributed by atoms with Gasteiger partial charge in [-0.25, -0.2) is 8.42 Å². The first-order chi connectivity index (χ1) is 11.7. The van der Waals surface area contributed by atoms with Crippen molar-refractivity contribution in [2.75, 3.05) is 26.6 Å². The highest BCUT2D eigenvalue weighted by molar-refractivity contribution is 7.91. The Morgan fingerprint density at radius 1 is 1.04 bits per heavy atom. The normalized spacial score (nSPS) is 21.3. The van der Waals surface area contributed by atoms with Gasteiger partial charge in [-0.15, -0.1) is 0 Å². The van der Waals surface area contributed by atoms with Crippen LogP contribution in [0, 0.1) is 5.41 Å². The molecule has 0 aromatic heterocycles. The van der Waals surface area contributed by atoms with Gasteiger partial charge in [0, 0.05) is 12.2 Å². The van der Waals surface area contributed by atoms with Gasteiger partial charge in [0.15, 0.2) is 15.3 Å². The van der Waals surface area contributed by atoms with E-state index >= 15 is 0 Å². The van der Waals surface area contributed by atoms with E-state index in [-0.39, 0.29) is 13.2 Å². The summed E-state index contributed by atoms with van der Waals surface area (Å²) in [4.78, 5) is 25.2. The Labute approximate surface area is 147 Å². The Balaban J connectivity index is 2.56. The van der Waals surface area contributed by atoms with Crippen molar-refractivity contribution in [1.82, 2.24) is 0 Å². The summed E-state index contributed by atoms with van der Waals surface area (Å²) in [6.45, 7) is 3.26. The fourth-order valence-corrected chi connectivity index (χ4v) is 5.06. The molecule has 0 unspecified atom stereocenters. The molecule has 2 atom stereocenters. The topological polar surface area (TPSA) is 96.0 Å². The van der Waals surface area contributed by atoms with Crippen LogP contribution >= 0.6 is 0 Å². The number of ether oxygens (including phenoxy) is 3. The largest absolute Gasteiger partial charge is 0.497 e. The van der Waals surface area contributed by atoms with Gasteiger partial charge in [0.1, 0.15) is 5.75 Å². The van der Waals surface area contributed by atoms with Gasteiger partial charge < -0.3 is 14.2 Å². The van der Waals surface area contributed by atoms with Gasteiger partial charge in [-0.1, -0.05) is 12.1 Å². The number of sulfone groups is 1. The second kappa shape index (κ2) is 7.03. The zero-order valence-electron chi connectivity index (χ0n) is 14.6. The van der Waals surface area contributed by atoms with Crippen molar-refractivity contribution < 1.29 is 32.2 Å². The van der Waals surface area contributed by atoms with E-state index in [4.69, 9.17) is 14.2 Å². The van der Waals surface area contributed by atoms with E-state index in [0.717, 1.165) is 6.26 Å². The number of hydrogen-bond acceptors (Lipinski definition) is 7.